The number of anilines is 1. The first-order valence-electron chi connectivity index (χ1n) is 9.03. The third-order valence-electron chi connectivity index (χ3n) is 4.91. The van der Waals surface area contributed by atoms with Crippen LogP contribution in [0.2, 0.25) is 0 Å². The summed E-state index contributed by atoms with van der Waals surface area (Å²) >= 11 is 5.41. The molecule has 0 spiro atoms. The van der Waals surface area contributed by atoms with E-state index in [0.717, 1.165) is 37.6 Å². The Morgan fingerprint density at radius 3 is 2.29 bits per heavy atom. The van der Waals surface area contributed by atoms with E-state index >= 15 is 0 Å². The molecule has 0 bridgehead atoms. The van der Waals surface area contributed by atoms with Crippen molar-refractivity contribution in [2.24, 2.45) is 0 Å². The molecule has 2 aromatic carbocycles. The zero-order chi connectivity index (χ0) is 19.5. The second-order valence-electron chi connectivity index (χ2n) is 6.63. The van der Waals surface area contributed by atoms with E-state index in [2.05, 4.69) is 14.8 Å². The average molecular weight is 396 g/mol. The smallest absolute Gasteiger partial charge is 0.269 e. The maximum atomic E-state index is 10.8. The van der Waals surface area contributed by atoms with E-state index in [4.69, 9.17) is 12.2 Å². The maximum absolute atomic E-state index is 10.8. The van der Waals surface area contributed by atoms with Gasteiger partial charge >= 0.3 is 0 Å². The molecule has 28 heavy (non-hydrogen) atoms. The number of nitro groups is 1. The molecule has 0 radical (unpaired) electrons. The Bertz CT molecular complexity index is 1010. The van der Waals surface area contributed by atoms with Gasteiger partial charge in [0.05, 0.1) is 17.3 Å². The highest BCUT2D eigenvalue weighted by atomic mass is 32.1. The summed E-state index contributed by atoms with van der Waals surface area (Å²) in [7, 11) is 0. The summed E-state index contributed by atoms with van der Waals surface area (Å²) in [6.07, 6.45) is 1.75. The van der Waals surface area contributed by atoms with Gasteiger partial charge in [0.25, 0.3) is 5.69 Å². The van der Waals surface area contributed by atoms with Crippen LogP contribution in [-0.2, 0) is 6.67 Å². The monoisotopic (exact) mass is 396 g/mol. The van der Waals surface area contributed by atoms with E-state index in [1.54, 1.807) is 18.5 Å². The number of nitrogens with zero attached hydrogens (tertiary/aromatic N) is 6. The fourth-order valence-electron chi connectivity index (χ4n) is 3.36. The molecule has 0 amide bonds. The zero-order valence-corrected chi connectivity index (χ0v) is 16.0. The van der Waals surface area contributed by atoms with E-state index in [0.29, 0.717) is 11.4 Å². The van der Waals surface area contributed by atoms with Crippen molar-refractivity contribution in [3.05, 3.63) is 75.8 Å². The van der Waals surface area contributed by atoms with Crippen LogP contribution in [0.3, 0.4) is 0 Å². The van der Waals surface area contributed by atoms with Crippen LogP contribution in [0.15, 0.2) is 60.9 Å². The van der Waals surface area contributed by atoms with Gasteiger partial charge in [-0.05, 0) is 36.5 Å². The largest absolute Gasteiger partial charge is 0.369 e. The second-order valence-corrected chi connectivity index (χ2v) is 6.99. The zero-order valence-electron chi connectivity index (χ0n) is 15.2. The average Bonchev–Trinajstić information content (AvgIpc) is 3.09. The highest BCUT2D eigenvalue weighted by Gasteiger charge is 2.19. The molecule has 1 aliphatic rings. The highest BCUT2D eigenvalue weighted by molar-refractivity contribution is 7.71. The van der Waals surface area contributed by atoms with Crippen LogP contribution in [0.4, 0.5) is 11.4 Å². The molecular formula is C19H20N6O2S. The summed E-state index contributed by atoms with van der Waals surface area (Å²) in [5, 5.41) is 10.8. The summed E-state index contributed by atoms with van der Waals surface area (Å²) in [6.45, 7) is 4.12. The fourth-order valence-corrected chi connectivity index (χ4v) is 3.56. The van der Waals surface area contributed by atoms with Crippen LogP contribution in [-0.4, -0.2) is 50.3 Å². The normalized spacial score (nSPS) is 14.9. The van der Waals surface area contributed by atoms with Crippen molar-refractivity contribution in [1.29, 1.82) is 0 Å². The standard InChI is InChI=1S/C19H20N6O2S/c26-25(27)18-8-6-16(7-9-18)22-12-10-21(11-13-22)15-24-19(28)20-14-23(24)17-4-2-1-3-5-17/h1-9,14H,10-13,15H2. The fraction of sp³-hybridized carbons (Fsp3) is 0.263. The van der Waals surface area contributed by atoms with Crippen molar-refractivity contribution >= 4 is 23.6 Å². The molecule has 1 fully saturated rings. The first-order valence-corrected chi connectivity index (χ1v) is 9.44. The molecular weight excluding hydrogens is 376 g/mol. The van der Waals surface area contributed by atoms with Gasteiger partial charge in [-0.2, -0.15) is 0 Å². The topological polar surface area (TPSA) is 72.4 Å². The molecule has 9 heteroatoms. The van der Waals surface area contributed by atoms with Crippen molar-refractivity contribution in [2.45, 2.75) is 6.67 Å². The second kappa shape index (κ2) is 7.91. The van der Waals surface area contributed by atoms with Crippen LogP contribution < -0.4 is 4.90 Å². The van der Waals surface area contributed by atoms with Gasteiger partial charge in [0.1, 0.15) is 6.33 Å². The Morgan fingerprint density at radius 1 is 0.964 bits per heavy atom. The van der Waals surface area contributed by atoms with Gasteiger partial charge < -0.3 is 4.90 Å². The third-order valence-corrected chi connectivity index (χ3v) is 5.23. The number of rotatable bonds is 5. The van der Waals surface area contributed by atoms with Gasteiger partial charge in [-0.25, -0.2) is 14.3 Å². The van der Waals surface area contributed by atoms with E-state index in [1.807, 2.05) is 51.8 Å². The van der Waals surface area contributed by atoms with Gasteiger partial charge in [0, 0.05) is 44.0 Å². The number of non-ortho nitro benzene ring substituents is 1. The Kier molecular flexibility index (Phi) is 5.18. The highest BCUT2D eigenvalue weighted by Crippen LogP contribution is 2.21. The number of aromatic nitrogens is 3. The number of nitro benzene ring substituents is 1. The van der Waals surface area contributed by atoms with Crippen LogP contribution in [0, 0.1) is 14.9 Å². The summed E-state index contributed by atoms with van der Waals surface area (Å²) in [5.41, 5.74) is 2.15. The number of hydrogen-bond donors (Lipinski definition) is 0. The molecule has 1 aliphatic heterocycles. The minimum absolute atomic E-state index is 0.117. The molecule has 4 rings (SSSR count). The van der Waals surface area contributed by atoms with E-state index in [1.165, 1.54) is 0 Å². The quantitative estimate of drug-likeness (QED) is 0.375. The van der Waals surface area contributed by atoms with E-state index in [9.17, 15) is 10.1 Å². The number of benzene rings is 2. The molecule has 1 saturated heterocycles. The lowest BCUT2D eigenvalue weighted by Gasteiger charge is -2.36. The number of para-hydroxylation sites is 1. The van der Waals surface area contributed by atoms with Gasteiger partial charge in [0.2, 0.25) is 4.77 Å². The summed E-state index contributed by atoms with van der Waals surface area (Å²) in [5.74, 6) is 0. The Morgan fingerprint density at radius 2 is 1.64 bits per heavy atom. The van der Waals surface area contributed by atoms with Crippen molar-refractivity contribution in [1.82, 2.24) is 19.2 Å². The Balaban J connectivity index is 1.42. The molecule has 0 unspecified atom stereocenters. The lowest BCUT2D eigenvalue weighted by molar-refractivity contribution is -0.384. The van der Waals surface area contributed by atoms with Crippen molar-refractivity contribution in [3.8, 4) is 5.69 Å². The first-order chi connectivity index (χ1) is 13.6. The molecule has 8 nitrogen and oxygen atoms in total. The minimum atomic E-state index is -0.374. The molecule has 0 aliphatic carbocycles. The third kappa shape index (κ3) is 3.80. The Labute approximate surface area is 167 Å². The van der Waals surface area contributed by atoms with Crippen LogP contribution in [0.1, 0.15) is 0 Å². The van der Waals surface area contributed by atoms with Gasteiger partial charge in [-0.15, -0.1) is 0 Å². The van der Waals surface area contributed by atoms with Crippen LogP contribution in [0.25, 0.3) is 5.69 Å². The van der Waals surface area contributed by atoms with E-state index in [-0.39, 0.29) is 10.6 Å². The SMILES string of the molecule is O=[N+]([O-])c1ccc(N2CCN(Cn3c(=S)ncn3-c3ccccc3)CC2)cc1. The molecule has 144 valence electrons. The molecule has 0 N–H and O–H groups in total. The predicted octanol–water partition coefficient (Wildman–Crippen LogP) is 3.09. The van der Waals surface area contributed by atoms with Crippen molar-refractivity contribution in [3.63, 3.8) is 0 Å². The van der Waals surface area contributed by atoms with Gasteiger partial charge in [-0.1, -0.05) is 18.2 Å². The predicted molar refractivity (Wildman–Crippen MR) is 109 cm³/mol. The maximum Gasteiger partial charge on any atom is 0.269 e. The van der Waals surface area contributed by atoms with Crippen molar-refractivity contribution in [2.75, 3.05) is 31.1 Å². The van der Waals surface area contributed by atoms with Crippen LogP contribution >= 0.6 is 12.2 Å². The molecule has 2 heterocycles. The lowest BCUT2D eigenvalue weighted by Crippen LogP contribution is -2.47. The Hall–Kier alpha value is -3.04. The summed E-state index contributed by atoms with van der Waals surface area (Å²) in [6, 6.07) is 16.8. The minimum Gasteiger partial charge on any atom is -0.369 e. The molecule has 1 aromatic heterocycles. The number of piperazine rings is 1. The summed E-state index contributed by atoms with van der Waals surface area (Å²) in [4.78, 5) is 19.3. The summed E-state index contributed by atoms with van der Waals surface area (Å²) < 4.78 is 4.53. The lowest BCUT2D eigenvalue weighted by atomic mass is 10.2. The van der Waals surface area contributed by atoms with Crippen LogP contribution in [0.5, 0.6) is 0 Å². The van der Waals surface area contributed by atoms with Crippen molar-refractivity contribution < 1.29 is 4.92 Å². The molecule has 0 saturated carbocycles. The van der Waals surface area contributed by atoms with E-state index < -0.39 is 0 Å². The first kappa shape index (κ1) is 18.3. The van der Waals surface area contributed by atoms with Gasteiger partial charge in [-0.3, -0.25) is 15.0 Å². The van der Waals surface area contributed by atoms with Gasteiger partial charge in [0.15, 0.2) is 0 Å². The number of hydrogen-bond acceptors (Lipinski definition) is 6. The molecule has 0 atom stereocenters. The molecule has 3 aromatic rings.